The Balaban J connectivity index is 5.13. The lowest BCUT2D eigenvalue weighted by Crippen LogP contribution is -2.47. The van der Waals surface area contributed by atoms with Crippen molar-refractivity contribution in [2.24, 2.45) is 0 Å². The van der Waals surface area contributed by atoms with Gasteiger partial charge in [0.1, 0.15) is 19.3 Å². The van der Waals surface area contributed by atoms with Crippen molar-refractivity contribution >= 4 is 19.7 Å². The number of quaternary nitrogens is 1. The zero-order chi connectivity index (χ0) is 64.2. The van der Waals surface area contributed by atoms with E-state index < -0.39 is 20.0 Å². The van der Waals surface area contributed by atoms with Gasteiger partial charge >= 0.3 is 13.8 Å². The summed E-state index contributed by atoms with van der Waals surface area (Å²) in [5.41, 5.74) is 0. The van der Waals surface area contributed by atoms with Crippen LogP contribution in [0.25, 0.3) is 0 Å². The minimum absolute atomic E-state index is 0.0276. The molecule has 2 N–H and O–H groups in total. The minimum atomic E-state index is -4.47. The Labute approximate surface area is 542 Å². The molecule has 0 fully saturated rings. The van der Waals surface area contributed by atoms with E-state index >= 15 is 0 Å². The molecule has 0 aromatic heterocycles. The fraction of sp³-hybridized carbons (Fsp3) is 0.667. The molecule has 0 aliphatic rings. The number of rotatable bonds is 63. The third kappa shape index (κ3) is 66.3. The summed E-state index contributed by atoms with van der Waals surface area (Å²) in [6, 6.07) is -0.873. The molecule has 0 saturated heterocycles. The lowest BCUT2D eigenvalue weighted by molar-refractivity contribution is -0.870. The normalized spacial score (nSPS) is 14.4. The summed E-state index contributed by atoms with van der Waals surface area (Å²) < 4.78 is 30.8. The summed E-state index contributed by atoms with van der Waals surface area (Å²) in [6.45, 7) is 6.76. The summed E-state index contributed by atoms with van der Waals surface area (Å²) >= 11 is 0. The molecule has 0 saturated carbocycles. The van der Waals surface area contributed by atoms with Crippen LogP contribution in [0.5, 0.6) is 0 Å². The molecule has 10 heteroatoms. The maximum atomic E-state index is 13.6. The highest BCUT2D eigenvalue weighted by Gasteiger charge is 2.30. The fourth-order valence-electron chi connectivity index (χ4n) is 9.62. The van der Waals surface area contributed by atoms with Gasteiger partial charge in [-0.1, -0.05) is 289 Å². The largest absolute Gasteiger partial charge is 0.472 e. The first-order valence-corrected chi connectivity index (χ1v) is 37.2. The molecule has 0 spiro atoms. The number of carbonyl (C=O) groups is 2. The van der Waals surface area contributed by atoms with Crippen molar-refractivity contribution in [3.8, 4) is 0 Å². The third-order valence-electron chi connectivity index (χ3n) is 15.0. The van der Waals surface area contributed by atoms with E-state index in [9.17, 15) is 19.0 Å². The van der Waals surface area contributed by atoms with Gasteiger partial charge in [-0.15, -0.1) is 0 Å². The molecule has 0 aliphatic heterocycles. The average Bonchev–Trinajstić information content (AvgIpc) is 3.71. The van der Waals surface area contributed by atoms with Crippen LogP contribution in [-0.4, -0.2) is 74.3 Å². The Bertz CT molecular complexity index is 2020. The van der Waals surface area contributed by atoms with Gasteiger partial charge in [0.25, 0.3) is 0 Å². The lowest BCUT2D eigenvalue weighted by atomic mass is 10.0. The Morgan fingerprint density at radius 3 is 1.09 bits per heavy atom. The standard InChI is InChI=1S/C78H133N2O7P/c1-7-10-13-16-19-22-25-28-30-32-34-36-38-39-40-41-43-44-46-48-50-52-55-58-61-64-67-70-77(81)79-75(74-86-88(83,84)85-73-72-80(4,5)6)76(69-66-63-60-57-54-27-24-21-18-15-12-9-3)87-78(82)71-68-65-62-59-56-53-51-49-47-45-42-37-35-33-31-29-26-23-20-17-14-11-8-2/h10-11,13-14,19-20,22-23,28-31,34-37,39-40,45,47,51,53,66,69,75-76H,7-9,12,15-18,21,24-27,32-33,38,41-44,46,48-50,52,54-65,67-68,70-74H2,1-6H3,(H-,79,81,83,84)/p+1/b13-10-,14-11-,22-19-,23-20-,30-28-,31-29-,36-34-,37-35-,40-39-,47-45-,53-51-,69-66-. The molecule has 88 heavy (non-hydrogen) atoms. The van der Waals surface area contributed by atoms with Gasteiger partial charge in [-0.2, -0.15) is 0 Å². The fourth-order valence-corrected chi connectivity index (χ4v) is 10.4. The number of allylic oxidation sites excluding steroid dienone is 23. The van der Waals surface area contributed by atoms with Crippen molar-refractivity contribution < 1.29 is 37.3 Å². The Morgan fingerprint density at radius 2 is 0.727 bits per heavy atom. The second-order valence-electron chi connectivity index (χ2n) is 24.6. The van der Waals surface area contributed by atoms with Gasteiger partial charge in [-0.25, -0.2) is 4.57 Å². The molecule has 1 amide bonds. The minimum Gasteiger partial charge on any atom is -0.456 e. The molecular weight excluding hydrogens is 1110 g/mol. The summed E-state index contributed by atoms with van der Waals surface area (Å²) in [7, 11) is 1.46. The molecule has 0 bridgehead atoms. The maximum Gasteiger partial charge on any atom is 0.472 e. The zero-order valence-electron chi connectivity index (χ0n) is 57.4. The van der Waals surface area contributed by atoms with Crippen LogP contribution in [0.15, 0.2) is 146 Å². The number of amides is 1. The van der Waals surface area contributed by atoms with Crippen LogP contribution in [0.1, 0.15) is 284 Å². The highest BCUT2D eigenvalue weighted by Crippen LogP contribution is 2.43. The number of phosphoric ester groups is 1. The predicted octanol–water partition coefficient (Wildman–Crippen LogP) is 23.0. The van der Waals surface area contributed by atoms with Gasteiger partial charge in [0, 0.05) is 12.8 Å². The topological polar surface area (TPSA) is 111 Å². The van der Waals surface area contributed by atoms with Crippen molar-refractivity contribution in [3.05, 3.63) is 146 Å². The average molecular weight is 1240 g/mol. The zero-order valence-corrected chi connectivity index (χ0v) is 58.3. The van der Waals surface area contributed by atoms with Crippen LogP contribution in [0.3, 0.4) is 0 Å². The number of phosphoric acid groups is 1. The summed E-state index contributed by atoms with van der Waals surface area (Å²) in [5.74, 6) is -0.543. The monoisotopic (exact) mass is 1240 g/mol. The number of likely N-dealkylation sites (N-methyl/N-ethyl adjacent to an activating group) is 1. The van der Waals surface area contributed by atoms with Crippen molar-refractivity contribution in [3.63, 3.8) is 0 Å². The summed E-state index contributed by atoms with van der Waals surface area (Å²) in [4.78, 5) is 37.9. The van der Waals surface area contributed by atoms with Crippen molar-refractivity contribution in [1.82, 2.24) is 5.32 Å². The molecule has 0 radical (unpaired) electrons. The SMILES string of the molecule is CC/C=C\C/C=C\C/C=C\C/C=C\C/C=C\C/C=C\CCCCCCC(=O)OC(/C=C\CCCCCCCCCCCC)C(COP(=O)(O)OCC[N+](C)(C)C)NC(=O)CCCCCCCCCCCCC/C=C\C/C=C\C/C=C\C/C=C\C/C=C\CC. The van der Waals surface area contributed by atoms with Crippen molar-refractivity contribution in [2.75, 3.05) is 40.9 Å². The maximum absolute atomic E-state index is 13.6. The van der Waals surface area contributed by atoms with Gasteiger partial charge in [0.2, 0.25) is 5.91 Å². The van der Waals surface area contributed by atoms with E-state index in [1.165, 1.54) is 96.3 Å². The van der Waals surface area contributed by atoms with Gasteiger partial charge in [0.15, 0.2) is 0 Å². The molecule has 0 aromatic rings. The second-order valence-corrected chi connectivity index (χ2v) is 26.1. The molecule has 3 atom stereocenters. The van der Waals surface area contributed by atoms with Gasteiger partial charge in [-0.3, -0.25) is 18.6 Å². The number of hydrogen-bond acceptors (Lipinski definition) is 6. The molecule has 0 rings (SSSR count). The first-order chi connectivity index (χ1) is 42.9. The number of ether oxygens (including phenoxy) is 1. The Hall–Kier alpha value is -4.11. The van der Waals surface area contributed by atoms with Crippen LogP contribution in [0, 0.1) is 0 Å². The van der Waals surface area contributed by atoms with Crippen LogP contribution in [0.4, 0.5) is 0 Å². The third-order valence-corrected chi connectivity index (χ3v) is 16.0. The number of hydrogen-bond donors (Lipinski definition) is 2. The summed E-state index contributed by atoms with van der Waals surface area (Å²) in [6.07, 6.45) is 95.7. The van der Waals surface area contributed by atoms with E-state index in [0.29, 0.717) is 23.9 Å². The first-order valence-electron chi connectivity index (χ1n) is 35.7. The van der Waals surface area contributed by atoms with E-state index in [-0.39, 0.29) is 31.5 Å². The lowest BCUT2D eigenvalue weighted by Gasteiger charge is -2.27. The van der Waals surface area contributed by atoms with Crippen molar-refractivity contribution in [1.29, 1.82) is 0 Å². The number of unbranched alkanes of at least 4 members (excludes halogenated alkanes) is 25. The summed E-state index contributed by atoms with van der Waals surface area (Å²) in [5, 5.41) is 3.06. The van der Waals surface area contributed by atoms with Crippen LogP contribution >= 0.6 is 7.82 Å². The van der Waals surface area contributed by atoms with Crippen LogP contribution in [0.2, 0.25) is 0 Å². The molecule has 0 heterocycles. The van der Waals surface area contributed by atoms with Crippen molar-refractivity contribution in [2.45, 2.75) is 296 Å². The molecule has 0 aromatic carbocycles. The van der Waals surface area contributed by atoms with E-state index in [4.69, 9.17) is 13.8 Å². The molecule has 502 valence electrons. The highest BCUT2D eigenvalue weighted by atomic mass is 31.2. The van der Waals surface area contributed by atoms with E-state index in [1.807, 2.05) is 33.3 Å². The molecule has 9 nitrogen and oxygen atoms in total. The Kier molecular flexibility index (Phi) is 62.8. The second kappa shape index (κ2) is 65.8. The number of nitrogens with zero attached hydrogens (tertiary/aromatic N) is 1. The molecular formula is C78H134N2O7P+. The quantitative estimate of drug-likeness (QED) is 0.0205. The number of esters is 1. The van der Waals surface area contributed by atoms with Gasteiger partial charge in [0.05, 0.1) is 33.8 Å². The van der Waals surface area contributed by atoms with Crippen LogP contribution in [-0.2, 0) is 27.9 Å². The van der Waals surface area contributed by atoms with E-state index in [1.54, 1.807) is 0 Å². The Morgan fingerprint density at radius 1 is 0.409 bits per heavy atom. The van der Waals surface area contributed by atoms with E-state index in [2.05, 4.69) is 160 Å². The first kappa shape index (κ1) is 83.9. The van der Waals surface area contributed by atoms with Gasteiger partial charge < -0.3 is 19.4 Å². The molecule has 3 unspecified atom stereocenters. The number of nitrogens with one attached hydrogen (secondary N) is 1. The number of carbonyl (C=O) groups excluding carboxylic acids is 2. The van der Waals surface area contributed by atoms with E-state index in [0.717, 1.165) is 148 Å². The molecule has 0 aliphatic carbocycles. The van der Waals surface area contributed by atoms with Gasteiger partial charge in [-0.05, 0) is 128 Å². The smallest absolute Gasteiger partial charge is 0.456 e. The highest BCUT2D eigenvalue weighted by molar-refractivity contribution is 7.47. The van der Waals surface area contributed by atoms with Crippen LogP contribution < -0.4 is 5.32 Å². The predicted molar refractivity (Wildman–Crippen MR) is 382 cm³/mol.